The van der Waals surface area contributed by atoms with Gasteiger partial charge in [0.15, 0.2) is 0 Å². The van der Waals surface area contributed by atoms with Gasteiger partial charge in [0.05, 0.1) is 17.6 Å². The molecule has 0 aliphatic carbocycles. The molecule has 6 nitrogen and oxygen atoms in total. The minimum Gasteiger partial charge on any atom is -0.465 e. The van der Waals surface area contributed by atoms with Crippen LogP contribution in [0, 0.1) is 27.7 Å². The van der Waals surface area contributed by atoms with Crippen molar-refractivity contribution in [1.82, 2.24) is 0 Å². The first kappa shape index (κ1) is 22.2. The van der Waals surface area contributed by atoms with Crippen LogP contribution in [0.3, 0.4) is 0 Å². The third-order valence-corrected chi connectivity index (χ3v) is 6.09. The molecule has 160 valence electrons. The highest BCUT2D eigenvalue weighted by molar-refractivity contribution is 7.19. The normalized spacial score (nSPS) is 10.5. The number of hydrogen-bond acceptors (Lipinski definition) is 5. The predicted molar refractivity (Wildman–Crippen MR) is 123 cm³/mol. The fourth-order valence-electron chi connectivity index (χ4n) is 3.26. The van der Waals surface area contributed by atoms with Gasteiger partial charge in [0.1, 0.15) is 5.00 Å². The number of carbonyl (C=O) groups is 3. The molecular weight excluding hydrogens is 412 g/mol. The Morgan fingerprint density at radius 3 is 2.23 bits per heavy atom. The van der Waals surface area contributed by atoms with Crippen LogP contribution in [0.2, 0.25) is 0 Å². The lowest BCUT2D eigenvalue weighted by Gasteiger charge is -2.08. The second kappa shape index (κ2) is 9.14. The molecule has 3 aromatic rings. The summed E-state index contributed by atoms with van der Waals surface area (Å²) < 4.78 is 4.89. The average Bonchev–Trinajstić information content (AvgIpc) is 3.05. The summed E-state index contributed by atoms with van der Waals surface area (Å²) in [7, 11) is 1.26. The fraction of sp³-hybridized carbons (Fsp3) is 0.208. The van der Waals surface area contributed by atoms with Gasteiger partial charge in [-0.1, -0.05) is 35.4 Å². The highest BCUT2D eigenvalue weighted by atomic mass is 32.1. The molecule has 0 saturated heterocycles. The van der Waals surface area contributed by atoms with E-state index in [4.69, 9.17) is 4.74 Å². The van der Waals surface area contributed by atoms with Gasteiger partial charge in [0.2, 0.25) is 0 Å². The molecule has 0 radical (unpaired) electrons. The van der Waals surface area contributed by atoms with Crippen LogP contribution in [-0.4, -0.2) is 24.9 Å². The van der Waals surface area contributed by atoms with Crippen LogP contribution in [-0.2, 0) is 4.74 Å². The van der Waals surface area contributed by atoms with Crippen LogP contribution in [0.15, 0.2) is 42.5 Å². The van der Waals surface area contributed by atoms with Crippen molar-refractivity contribution in [1.29, 1.82) is 0 Å². The highest BCUT2D eigenvalue weighted by Gasteiger charge is 2.27. The average molecular weight is 437 g/mol. The van der Waals surface area contributed by atoms with Gasteiger partial charge < -0.3 is 15.4 Å². The topological polar surface area (TPSA) is 84.5 Å². The van der Waals surface area contributed by atoms with Gasteiger partial charge in [-0.2, -0.15) is 0 Å². The molecule has 0 atom stereocenters. The zero-order valence-corrected chi connectivity index (χ0v) is 18.9. The quantitative estimate of drug-likeness (QED) is 0.534. The molecule has 1 aromatic heterocycles. The highest BCUT2D eigenvalue weighted by Crippen LogP contribution is 2.35. The van der Waals surface area contributed by atoms with Crippen molar-refractivity contribution in [3.8, 4) is 0 Å². The van der Waals surface area contributed by atoms with Crippen LogP contribution in [0.1, 0.15) is 52.6 Å². The molecule has 0 bridgehead atoms. The number of methoxy groups -OCH3 is 1. The number of anilines is 2. The number of esters is 1. The molecule has 0 aliphatic heterocycles. The van der Waals surface area contributed by atoms with Gasteiger partial charge in [-0.25, -0.2) is 4.79 Å². The number of benzene rings is 2. The van der Waals surface area contributed by atoms with Crippen molar-refractivity contribution in [2.75, 3.05) is 17.7 Å². The summed E-state index contributed by atoms with van der Waals surface area (Å²) in [6, 6.07) is 12.8. The SMILES string of the molecule is COC(=O)c1c(NC(=O)c2cccc(C)c2)sc(C(=O)Nc2ccc(C)cc2C)c1C. The van der Waals surface area contributed by atoms with Crippen LogP contribution < -0.4 is 10.6 Å². The van der Waals surface area contributed by atoms with Gasteiger partial charge in [-0.15, -0.1) is 11.3 Å². The van der Waals surface area contributed by atoms with Crippen molar-refractivity contribution in [2.24, 2.45) is 0 Å². The maximum Gasteiger partial charge on any atom is 0.341 e. The maximum absolute atomic E-state index is 13.0. The van der Waals surface area contributed by atoms with Crippen LogP contribution in [0.25, 0.3) is 0 Å². The van der Waals surface area contributed by atoms with E-state index in [1.165, 1.54) is 7.11 Å². The molecular formula is C24H24N2O4S. The number of ether oxygens (including phenoxy) is 1. The standard InChI is InChI=1S/C24H24N2O4S/c1-13-7-6-8-17(12-13)21(27)26-23-19(24(29)30-5)16(4)20(31-23)22(28)25-18-10-9-14(2)11-15(18)3/h6-12H,1-5H3,(H,25,28)(H,26,27). The molecule has 0 fully saturated rings. The van der Waals surface area contributed by atoms with E-state index in [9.17, 15) is 14.4 Å². The minimum absolute atomic E-state index is 0.180. The van der Waals surface area contributed by atoms with Crippen LogP contribution in [0.5, 0.6) is 0 Å². The second-order valence-corrected chi connectivity index (χ2v) is 8.37. The van der Waals surface area contributed by atoms with E-state index in [2.05, 4.69) is 10.6 Å². The van der Waals surface area contributed by atoms with Crippen molar-refractivity contribution in [3.05, 3.63) is 80.7 Å². The van der Waals surface area contributed by atoms with Crippen molar-refractivity contribution in [3.63, 3.8) is 0 Å². The molecule has 0 saturated carbocycles. The first-order valence-electron chi connectivity index (χ1n) is 9.69. The molecule has 31 heavy (non-hydrogen) atoms. The molecule has 2 amide bonds. The van der Waals surface area contributed by atoms with Gasteiger partial charge in [-0.3, -0.25) is 9.59 Å². The van der Waals surface area contributed by atoms with E-state index in [1.54, 1.807) is 25.1 Å². The number of hydrogen-bond donors (Lipinski definition) is 2. The number of thiophene rings is 1. The third kappa shape index (κ3) is 4.83. The Hall–Kier alpha value is -3.45. The molecule has 2 aromatic carbocycles. The molecule has 0 spiro atoms. The summed E-state index contributed by atoms with van der Waals surface area (Å²) in [4.78, 5) is 38.5. The molecule has 0 aliphatic rings. The number of amides is 2. The fourth-order valence-corrected chi connectivity index (χ4v) is 4.35. The smallest absolute Gasteiger partial charge is 0.341 e. The summed E-state index contributed by atoms with van der Waals surface area (Å²) in [5.41, 5.74) is 4.76. The molecule has 1 heterocycles. The minimum atomic E-state index is -0.612. The summed E-state index contributed by atoms with van der Waals surface area (Å²) >= 11 is 1.05. The van der Waals surface area contributed by atoms with Gasteiger partial charge >= 0.3 is 5.97 Å². The van der Waals surface area contributed by atoms with E-state index in [0.29, 0.717) is 21.7 Å². The van der Waals surface area contributed by atoms with Gasteiger partial charge in [-0.05, 0) is 57.0 Å². The molecule has 7 heteroatoms. The third-order valence-electron chi connectivity index (χ3n) is 4.88. The lowest BCUT2D eigenvalue weighted by Crippen LogP contribution is -2.14. The number of nitrogens with one attached hydrogen (secondary N) is 2. The van der Waals surface area contributed by atoms with E-state index in [1.807, 2.05) is 45.0 Å². The van der Waals surface area contributed by atoms with E-state index < -0.39 is 5.97 Å². The zero-order valence-electron chi connectivity index (χ0n) is 18.1. The largest absolute Gasteiger partial charge is 0.465 e. The van der Waals surface area contributed by atoms with E-state index >= 15 is 0 Å². The summed E-state index contributed by atoms with van der Waals surface area (Å²) in [6.45, 7) is 7.45. The van der Waals surface area contributed by atoms with E-state index in [0.717, 1.165) is 28.0 Å². The maximum atomic E-state index is 13.0. The summed E-state index contributed by atoms with van der Waals surface area (Å²) in [6.07, 6.45) is 0. The first-order chi connectivity index (χ1) is 14.7. The molecule has 3 rings (SSSR count). The lowest BCUT2D eigenvalue weighted by atomic mass is 10.1. The Balaban J connectivity index is 1.95. The Bertz CT molecular complexity index is 1180. The second-order valence-electron chi connectivity index (χ2n) is 7.35. The molecule has 2 N–H and O–H groups in total. The van der Waals surface area contributed by atoms with Crippen molar-refractivity contribution in [2.45, 2.75) is 27.7 Å². The lowest BCUT2D eigenvalue weighted by molar-refractivity contribution is 0.0601. The van der Waals surface area contributed by atoms with Crippen LogP contribution in [0.4, 0.5) is 10.7 Å². The zero-order chi connectivity index (χ0) is 22.7. The Morgan fingerprint density at radius 2 is 1.58 bits per heavy atom. The van der Waals surface area contributed by atoms with E-state index in [-0.39, 0.29) is 22.4 Å². The number of carbonyl (C=O) groups excluding carboxylic acids is 3. The Labute approximate surface area is 185 Å². The Morgan fingerprint density at radius 1 is 0.871 bits per heavy atom. The predicted octanol–water partition coefficient (Wildman–Crippen LogP) is 5.27. The van der Waals surface area contributed by atoms with Crippen molar-refractivity contribution < 1.29 is 19.1 Å². The Kier molecular flexibility index (Phi) is 6.56. The summed E-state index contributed by atoms with van der Waals surface area (Å²) in [5.74, 6) is -1.33. The number of rotatable bonds is 5. The first-order valence-corrected chi connectivity index (χ1v) is 10.5. The van der Waals surface area contributed by atoms with Crippen molar-refractivity contribution >= 4 is 39.8 Å². The van der Waals surface area contributed by atoms with Gasteiger partial charge in [0.25, 0.3) is 11.8 Å². The van der Waals surface area contributed by atoms with Crippen LogP contribution >= 0.6 is 11.3 Å². The summed E-state index contributed by atoms with van der Waals surface area (Å²) in [5, 5.41) is 5.94. The monoisotopic (exact) mass is 436 g/mol. The molecule has 0 unspecified atom stereocenters. The van der Waals surface area contributed by atoms with Gasteiger partial charge in [0, 0.05) is 11.3 Å². The number of aryl methyl sites for hydroxylation is 3.